The summed E-state index contributed by atoms with van der Waals surface area (Å²) in [5.41, 5.74) is 4.80. The SMILES string of the molecule is C.CC.CC.CC(=O)c1cccc(Cc2c[nH]c(=O)n3c(C)c(C)nc23)c1. The zero-order valence-electron chi connectivity index (χ0n) is 16.8. The van der Waals surface area contributed by atoms with Crippen molar-refractivity contribution in [1.29, 1.82) is 0 Å². The van der Waals surface area contributed by atoms with Crippen molar-refractivity contribution < 1.29 is 4.79 Å². The van der Waals surface area contributed by atoms with Crippen molar-refractivity contribution in [2.24, 2.45) is 0 Å². The maximum absolute atomic E-state index is 12.0. The van der Waals surface area contributed by atoms with E-state index in [1.54, 1.807) is 23.6 Å². The molecule has 0 aliphatic carbocycles. The molecule has 2 aromatic heterocycles. The Morgan fingerprint density at radius 2 is 1.78 bits per heavy atom. The zero-order chi connectivity index (χ0) is 19.9. The number of Topliss-reactive ketones (excluding diaryl/α,β-unsaturated/α-hetero) is 1. The van der Waals surface area contributed by atoms with Gasteiger partial charge in [0.15, 0.2) is 5.78 Å². The molecule has 3 aromatic rings. The van der Waals surface area contributed by atoms with Gasteiger partial charge < -0.3 is 4.98 Å². The van der Waals surface area contributed by atoms with E-state index in [-0.39, 0.29) is 18.9 Å². The lowest BCUT2D eigenvalue weighted by Crippen LogP contribution is -2.18. The Bertz CT molecular complexity index is 936. The highest BCUT2D eigenvalue weighted by molar-refractivity contribution is 5.94. The van der Waals surface area contributed by atoms with Crippen LogP contribution in [0.2, 0.25) is 0 Å². The second-order valence-corrected chi connectivity index (χ2v) is 5.49. The van der Waals surface area contributed by atoms with Crippen LogP contribution in [-0.2, 0) is 6.42 Å². The van der Waals surface area contributed by atoms with E-state index in [1.807, 2.05) is 59.7 Å². The van der Waals surface area contributed by atoms with Crippen molar-refractivity contribution >= 4 is 11.4 Å². The minimum absolute atomic E-state index is 0. The number of carbonyl (C=O) groups excluding carboxylic acids is 1. The number of fused-ring (bicyclic) bond motifs is 1. The number of ketones is 1. The van der Waals surface area contributed by atoms with Gasteiger partial charge in [0.1, 0.15) is 5.65 Å². The highest BCUT2D eigenvalue weighted by atomic mass is 16.1. The van der Waals surface area contributed by atoms with E-state index in [1.165, 1.54) is 0 Å². The van der Waals surface area contributed by atoms with Gasteiger partial charge in [0.2, 0.25) is 0 Å². The number of imidazole rings is 1. The number of carbonyl (C=O) groups is 1. The molecule has 148 valence electrons. The summed E-state index contributed by atoms with van der Waals surface area (Å²) in [6.07, 6.45) is 2.31. The topological polar surface area (TPSA) is 67.2 Å². The molecule has 1 N–H and O–H groups in total. The molecule has 0 aliphatic heterocycles. The zero-order valence-corrected chi connectivity index (χ0v) is 16.8. The number of nitrogens with one attached hydrogen (secondary N) is 1. The van der Waals surface area contributed by atoms with Crippen LogP contribution in [0.25, 0.3) is 5.65 Å². The number of rotatable bonds is 3. The number of hydrogen-bond donors (Lipinski definition) is 1. The van der Waals surface area contributed by atoms with Crippen LogP contribution in [0.5, 0.6) is 0 Å². The Labute approximate surface area is 162 Å². The van der Waals surface area contributed by atoms with Crippen molar-refractivity contribution in [3.63, 3.8) is 0 Å². The van der Waals surface area contributed by atoms with Gasteiger partial charge in [0.25, 0.3) is 0 Å². The number of aromatic nitrogens is 3. The van der Waals surface area contributed by atoms with E-state index in [0.29, 0.717) is 17.6 Å². The van der Waals surface area contributed by atoms with Crippen molar-refractivity contribution in [3.8, 4) is 0 Å². The van der Waals surface area contributed by atoms with Crippen LogP contribution in [0.3, 0.4) is 0 Å². The van der Waals surface area contributed by atoms with Crippen LogP contribution >= 0.6 is 0 Å². The Kier molecular flexibility index (Phi) is 10.0. The quantitative estimate of drug-likeness (QED) is 0.650. The predicted octanol–water partition coefficient (Wildman–Crippen LogP) is 5.12. The summed E-state index contributed by atoms with van der Waals surface area (Å²) < 4.78 is 1.60. The molecule has 0 aliphatic rings. The number of aromatic amines is 1. The molecule has 3 rings (SSSR count). The number of nitrogens with zero attached hydrogens (tertiary/aromatic N) is 2. The average Bonchev–Trinajstić information content (AvgIpc) is 2.97. The third-order valence-corrected chi connectivity index (χ3v) is 3.93. The lowest BCUT2D eigenvalue weighted by Gasteiger charge is -2.05. The molecule has 0 saturated heterocycles. The van der Waals surface area contributed by atoms with Crippen molar-refractivity contribution in [1.82, 2.24) is 14.4 Å². The van der Waals surface area contributed by atoms with Gasteiger partial charge in [-0.1, -0.05) is 53.3 Å². The summed E-state index contributed by atoms with van der Waals surface area (Å²) in [7, 11) is 0. The molecule has 0 radical (unpaired) electrons. The summed E-state index contributed by atoms with van der Waals surface area (Å²) in [6.45, 7) is 13.3. The number of hydrogen-bond acceptors (Lipinski definition) is 3. The normalized spacial score (nSPS) is 9.44. The van der Waals surface area contributed by atoms with Crippen molar-refractivity contribution in [3.05, 3.63) is 69.0 Å². The van der Waals surface area contributed by atoms with Gasteiger partial charge in [-0.3, -0.25) is 4.79 Å². The monoisotopic (exact) mass is 371 g/mol. The van der Waals surface area contributed by atoms with E-state index < -0.39 is 0 Å². The van der Waals surface area contributed by atoms with Crippen LogP contribution in [0.4, 0.5) is 0 Å². The maximum atomic E-state index is 12.0. The van der Waals surface area contributed by atoms with E-state index in [0.717, 1.165) is 22.5 Å². The smallest absolute Gasteiger partial charge is 0.313 e. The Morgan fingerprint density at radius 1 is 1.15 bits per heavy atom. The minimum Gasteiger partial charge on any atom is -0.313 e. The molecule has 0 atom stereocenters. The molecule has 0 saturated carbocycles. The van der Waals surface area contributed by atoms with Crippen LogP contribution in [-0.4, -0.2) is 20.2 Å². The van der Waals surface area contributed by atoms with Gasteiger partial charge in [-0.25, -0.2) is 14.2 Å². The lowest BCUT2D eigenvalue weighted by molar-refractivity contribution is 0.101. The fraction of sp³-hybridized carbons (Fsp3) is 0.409. The summed E-state index contributed by atoms with van der Waals surface area (Å²) >= 11 is 0. The first-order valence-electron chi connectivity index (χ1n) is 9.13. The molecule has 5 heteroatoms. The first-order valence-corrected chi connectivity index (χ1v) is 9.13. The molecular formula is C22H33N3O2. The Hall–Kier alpha value is -2.69. The number of aryl methyl sites for hydroxylation is 2. The van der Waals surface area contributed by atoms with Crippen molar-refractivity contribution in [2.75, 3.05) is 0 Å². The Balaban J connectivity index is 0.00000127. The molecule has 5 nitrogen and oxygen atoms in total. The molecule has 0 amide bonds. The van der Waals surface area contributed by atoms with Crippen LogP contribution < -0.4 is 5.69 Å². The molecular weight excluding hydrogens is 338 g/mol. The maximum Gasteiger partial charge on any atom is 0.331 e. The molecule has 0 bridgehead atoms. The van der Waals surface area contributed by atoms with Gasteiger partial charge in [-0.05, 0) is 32.4 Å². The second kappa shape index (κ2) is 11.1. The van der Waals surface area contributed by atoms with Crippen molar-refractivity contribution in [2.45, 2.75) is 62.3 Å². The van der Waals surface area contributed by atoms with Gasteiger partial charge in [0.05, 0.1) is 5.69 Å². The van der Waals surface area contributed by atoms with Gasteiger partial charge in [-0.2, -0.15) is 0 Å². The van der Waals surface area contributed by atoms with E-state index in [2.05, 4.69) is 9.97 Å². The van der Waals surface area contributed by atoms with Crippen LogP contribution in [0.1, 0.15) is 74.9 Å². The molecule has 0 unspecified atom stereocenters. The van der Waals surface area contributed by atoms with Gasteiger partial charge in [-0.15, -0.1) is 0 Å². The highest BCUT2D eigenvalue weighted by Gasteiger charge is 2.12. The minimum atomic E-state index is -0.186. The summed E-state index contributed by atoms with van der Waals surface area (Å²) in [4.78, 5) is 30.7. The molecule has 0 spiro atoms. The number of H-pyrrole nitrogens is 1. The number of benzene rings is 1. The molecule has 27 heavy (non-hydrogen) atoms. The second-order valence-electron chi connectivity index (χ2n) is 5.49. The summed E-state index contributed by atoms with van der Waals surface area (Å²) in [6, 6.07) is 7.53. The third-order valence-electron chi connectivity index (χ3n) is 3.93. The van der Waals surface area contributed by atoms with Crippen LogP contribution in [0, 0.1) is 13.8 Å². The lowest BCUT2D eigenvalue weighted by atomic mass is 10.0. The predicted molar refractivity (Wildman–Crippen MR) is 114 cm³/mol. The average molecular weight is 372 g/mol. The molecule has 1 aromatic carbocycles. The third kappa shape index (κ3) is 5.39. The summed E-state index contributed by atoms with van der Waals surface area (Å²) in [5, 5.41) is 0. The molecule has 0 fully saturated rings. The van der Waals surface area contributed by atoms with E-state index >= 15 is 0 Å². The first kappa shape index (κ1) is 24.3. The van der Waals surface area contributed by atoms with Gasteiger partial charge >= 0.3 is 5.69 Å². The van der Waals surface area contributed by atoms with E-state index in [4.69, 9.17) is 0 Å². The highest BCUT2D eigenvalue weighted by Crippen LogP contribution is 2.17. The van der Waals surface area contributed by atoms with Gasteiger partial charge in [0, 0.05) is 29.4 Å². The summed E-state index contributed by atoms with van der Waals surface area (Å²) in [5.74, 6) is 0.0426. The standard InChI is InChI=1S/C17H17N3O2.2C2H6.CH4/c1-10-11(2)20-16(19-10)15(9-18-17(20)22)8-13-5-4-6-14(7-13)12(3)21;2*1-2;/h4-7,9H,8H2,1-3H3,(H,18,22);2*1-2H3;1H4. The Morgan fingerprint density at radius 3 is 2.37 bits per heavy atom. The fourth-order valence-corrected chi connectivity index (χ4v) is 2.60. The largest absolute Gasteiger partial charge is 0.331 e. The fourth-order valence-electron chi connectivity index (χ4n) is 2.60. The van der Waals surface area contributed by atoms with E-state index in [9.17, 15) is 9.59 Å². The molecule has 2 heterocycles. The van der Waals surface area contributed by atoms with Crippen LogP contribution in [0.15, 0.2) is 35.3 Å². The first-order chi connectivity index (χ1) is 12.5.